The number of fused-ring (bicyclic) bond motifs is 1. The molecular formula is C14H18N2O3. The molecule has 0 saturated carbocycles. The lowest BCUT2D eigenvalue weighted by atomic mass is 10.0. The van der Waals surface area contributed by atoms with Gasteiger partial charge in [-0.3, -0.25) is 4.79 Å². The van der Waals surface area contributed by atoms with Gasteiger partial charge in [0.15, 0.2) is 11.5 Å². The highest BCUT2D eigenvalue weighted by molar-refractivity contribution is 5.95. The molecule has 0 spiro atoms. The SMILES string of the molecule is NC[C@@H]1CCCCN1C(=O)c1ccc2c(c1)OCO2. The fourth-order valence-electron chi connectivity index (χ4n) is 2.71. The van der Waals surface area contributed by atoms with E-state index in [0.29, 0.717) is 23.6 Å². The van der Waals surface area contributed by atoms with Crippen LogP contribution < -0.4 is 15.2 Å². The molecule has 2 aliphatic rings. The van der Waals surface area contributed by atoms with Crippen molar-refractivity contribution in [3.63, 3.8) is 0 Å². The molecule has 2 N–H and O–H groups in total. The van der Waals surface area contributed by atoms with Gasteiger partial charge in [0.2, 0.25) is 6.79 Å². The largest absolute Gasteiger partial charge is 0.454 e. The molecule has 1 aromatic rings. The Bertz CT molecular complexity index is 490. The lowest BCUT2D eigenvalue weighted by Gasteiger charge is -2.35. The van der Waals surface area contributed by atoms with Gasteiger partial charge in [-0.15, -0.1) is 0 Å². The van der Waals surface area contributed by atoms with E-state index >= 15 is 0 Å². The van der Waals surface area contributed by atoms with Crippen molar-refractivity contribution in [3.8, 4) is 11.5 Å². The highest BCUT2D eigenvalue weighted by Gasteiger charge is 2.27. The van der Waals surface area contributed by atoms with Crippen LogP contribution in [-0.2, 0) is 0 Å². The molecule has 0 radical (unpaired) electrons. The smallest absolute Gasteiger partial charge is 0.254 e. The van der Waals surface area contributed by atoms with Gasteiger partial charge in [-0.25, -0.2) is 0 Å². The molecular weight excluding hydrogens is 244 g/mol. The Labute approximate surface area is 112 Å². The van der Waals surface area contributed by atoms with Crippen LogP contribution in [0.4, 0.5) is 0 Å². The second-order valence-corrected chi connectivity index (χ2v) is 4.95. The highest BCUT2D eigenvalue weighted by atomic mass is 16.7. The molecule has 1 fully saturated rings. The van der Waals surface area contributed by atoms with E-state index in [1.54, 1.807) is 18.2 Å². The van der Waals surface area contributed by atoms with Gasteiger partial charge < -0.3 is 20.1 Å². The number of hydrogen-bond acceptors (Lipinski definition) is 4. The summed E-state index contributed by atoms with van der Waals surface area (Å²) >= 11 is 0. The molecule has 1 saturated heterocycles. The van der Waals surface area contributed by atoms with Crippen LogP contribution in [0.3, 0.4) is 0 Å². The van der Waals surface area contributed by atoms with Crippen molar-refractivity contribution in [2.75, 3.05) is 19.9 Å². The molecule has 0 bridgehead atoms. The number of rotatable bonds is 2. The van der Waals surface area contributed by atoms with Gasteiger partial charge in [0.05, 0.1) is 0 Å². The van der Waals surface area contributed by atoms with Gasteiger partial charge in [-0.2, -0.15) is 0 Å². The summed E-state index contributed by atoms with van der Waals surface area (Å²) in [6.45, 7) is 1.54. The second kappa shape index (κ2) is 5.09. The number of carbonyl (C=O) groups is 1. The van der Waals surface area contributed by atoms with Crippen LogP contribution in [-0.4, -0.2) is 36.7 Å². The summed E-state index contributed by atoms with van der Waals surface area (Å²) in [6.07, 6.45) is 3.19. The number of piperidine rings is 1. The maximum absolute atomic E-state index is 12.5. The Morgan fingerprint density at radius 2 is 2.16 bits per heavy atom. The Balaban J connectivity index is 1.82. The Kier molecular flexibility index (Phi) is 3.29. The maximum Gasteiger partial charge on any atom is 0.254 e. The summed E-state index contributed by atoms with van der Waals surface area (Å²) in [6, 6.07) is 5.49. The van der Waals surface area contributed by atoms with Gasteiger partial charge in [0.25, 0.3) is 5.91 Å². The van der Waals surface area contributed by atoms with E-state index in [-0.39, 0.29) is 18.7 Å². The van der Waals surface area contributed by atoms with E-state index < -0.39 is 0 Å². The van der Waals surface area contributed by atoms with E-state index in [9.17, 15) is 4.79 Å². The average Bonchev–Trinajstić information content (AvgIpc) is 2.93. The predicted molar refractivity (Wildman–Crippen MR) is 70.3 cm³/mol. The summed E-state index contributed by atoms with van der Waals surface area (Å²) in [4.78, 5) is 14.4. The van der Waals surface area contributed by atoms with E-state index in [4.69, 9.17) is 15.2 Å². The molecule has 2 heterocycles. The minimum absolute atomic E-state index is 0.0356. The van der Waals surface area contributed by atoms with Gasteiger partial charge in [0.1, 0.15) is 0 Å². The predicted octanol–water partition coefficient (Wildman–Crippen LogP) is 1.37. The molecule has 2 aliphatic heterocycles. The first kappa shape index (κ1) is 12.3. The number of ether oxygens (including phenoxy) is 2. The number of carbonyl (C=O) groups excluding carboxylic acids is 1. The van der Waals surface area contributed by atoms with Crippen LogP contribution in [0.25, 0.3) is 0 Å². The third kappa shape index (κ3) is 2.26. The third-order valence-corrected chi connectivity index (χ3v) is 3.78. The minimum atomic E-state index is 0.0356. The summed E-state index contributed by atoms with van der Waals surface area (Å²) in [5.41, 5.74) is 6.40. The maximum atomic E-state index is 12.5. The first-order valence-electron chi connectivity index (χ1n) is 6.70. The lowest BCUT2D eigenvalue weighted by Crippen LogP contribution is -2.47. The van der Waals surface area contributed by atoms with Gasteiger partial charge >= 0.3 is 0 Å². The Hall–Kier alpha value is -1.75. The van der Waals surface area contributed by atoms with Crippen molar-refractivity contribution in [1.29, 1.82) is 0 Å². The molecule has 3 rings (SSSR count). The van der Waals surface area contributed by atoms with Crippen molar-refractivity contribution in [1.82, 2.24) is 4.90 Å². The number of nitrogens with two attached hydrogens (primary N) is 1. The Morgan fingerprint density at radius 3 is 3.00 bits per heavy atom. The number of amides is 1. The summed E-state index contributed by atoms with van der Waals surface area (Å²) in [7, 11) is 0. The molecule has 5 heteroatoms. The fourth-order valence-corrected chi connectivity index (χ4v) is 2.71. The molecule has 1 amide bonds. The first-order chi connectivity index (χ1) is 9.29. The zero-order valence-electron chi connectivity index (χ0n) is 10.8. The summed E-state index contributed by atoms with van der Waals surface area (Å²) in [5.74, 6) is 1.38. The lowest BCUT2D eigenvalue weighted by molar-refractivity contribution is 0.0623. The van der Waals surface area contributed by atoms with Crippen LogP contribution >= 0.6 is 0 Å². The summed E-state index contributed by atoms with van der Waals surface area (Å²) < 4.78 is 10.6. The van der Waals surface area contributed by atoms with E-state index in [2.05, 4.69) is 0 Å². The molecule has 0 unspecified atom stereocenters. The first-order valence-corrected chi connectivity index (χ1v) is 6.70. The quantitative estimate of drug-likeness (QED) is 0.874. The normalized spacial score (nSPS) is 21.5. The zero-order chi connectivity index (χ0) is 13.2. The third-order valence-electron chi connectivity index (χ3n) is 3.78. The highest BCUT2D eigenvalue weighted by Crippen LogP contribution is 2.33. The van der Waals surface area contributed by atoms with Crippen LogP contribution in [0.1, 0.15) is 29.6 Å². The van der Waals surface area contributed by atoms with Crippen LogP contribution in [0.2, 0.25) is 0 Å². The van der Waals surface area contributed by atoms with Crippen molar-refractivity contribution < 1.29 is 14.3 Å². The van der Waals surface area contributed by atoms with Crippen molar-refractivity contribution in [3.05, 3.63) is 23.8 Å². The molecule has 19 heavy (non-hydrogen) atoms. The number of hydrogen-bond donors (Lipinski definition) is 1. The number of nitrogens with zero attached hydrogens (tertiary/aromatic N) is 1. The van der Waals surface area contributed by atoms with Gasteiger partial charge in [-0.05, 0) is 37.5 Å². The zero-order valence-corrected chi connectivity index (χ0v) is 10.8. The van der Waals surface area contributed by atoms with Crippen molar-refractivity contribution in [2.45, 2.75) is 25.3 Å². The minimum Gasteiger partial charge on any atom is -0.454 e. The number of likely N-dealkylation sites (tertiary alicyclic amines) is 1. The monoisotopic (exact) mass is 262 g/mol. The van der Waals surface area contributed by atoms with Crippen molar-refractivity contribution in [2.24, 2.45) is 5.73 Å². The van der Waals surface area contributed by atoms with Gasteiger partial charge in [-0.1, -0.05) is 0 Å². The van der Waals surface area contributed by atoms with Crippen LogP contribution in [0.5, 0.6) is 11.5 Å². The topological polar surface area (TPSA) is 64.8 Å². The van der Waals surface area contributed by atoms with Crippen LogP contribution in [0, 0.1) is 0 Å². The molecule has 102 valence electrons. The van der Waals surface area contributed by atoms with Crippen LogP contribution in [0.15, 0.2) is 18.2 Å². The van der Waals surface area contributed by atoms with E-state index in [1.165, 1.54) is 0 Å². The molecule has 1 atom stereocenters. The van der Waals surface area contributed by atoms with E-state index in [0.717, 1.165) is 25.8 Å². The van der Waals surface area contributed by atoms with E-state index in [1.807, 2.05) is 4.90 Å². The second-order valence-electron chi connectivity index (χ2n) is 4.95. The Morgan fingerprint density at radius 1 is 1.32 bits per heavy atom. The standard InChI is InChI=1S/C14H18N2O3/c15-8-11-3-1-2-6-16(11)14(17)10-4-5-12-13(7-10)19-9-18-12/h4-5,7,11H,1-3,6,8-9,15H2/t11-/m0/s1. The average molecular weight is 262 g/mol. The molecule has 1 aromatic carbocycles. The molecule has 0 aromatic heterocycles. The van der Waals surface area contributed by atoms with Crippen molar-refractivity contribution >= 4 is 5.91 Å². The molecule has 5 nitrogen and oxygen atoms in total. The summed E-state index contributed by atoms with van der Waals surface area (Å²) in [5, 5.41) is 0. The molecule has 0 aliphatic carbocycles. The fraction of sp³-hybridized carbons (Fsp3) is 0.500. The number of benzene rings is 1. The van der Waals surface area contributed by atoms with Gasteiger partial charge in [0, 0.05) is 24.7 Å².